The maximum absolute atomic E-state index is 12.3. The van der Waals surface area contributed by atoms with Crippen molar-refractivity contribution in [1.29, 1.82) is 0 Å². The predicted octanol–water partition coefficient (Wildman–Crippen LogP) is 2.06. The summed E-state index contributed by atoms with van der Waals surface area (Å²) in [6.45, 7) is 4.77. The van der Waals surface area contributed by atoms with E-state index in [1.54, 1.807) is 0 Å². The molecule has 3 heteroatoms. The third-order valence-corrected chi connectivity index (χ3v) is 5.00. The SMILES string of the molecule is CC(C)C(N)CNC(=O)C1C2CCc3ccccc3C21. The molecule has 1 saturated carbocycles. The van der Waals surface area contributed by atoms with Gasteiger partial charge in [-0.2, -0.15) is 0 Å². The lowest BCUT2D eigenvalue weighted by molar-refractivity contribution is -0.122. The molecule has 2 aliphatic carbocycles. The molecule has 1 amide bonds. The molecule has 0 aromatic heterocycles. The van der Waals surface area contributed by atoms with Crippen LogP contribution >= 0.6 is 0 Å². The number of amides is 1. The summed E-state index contributed by atoms with van der Waals surface area (Å²) in [6, 6.07) is 8.63. The van der Waals surface area contributed by atoms with Crippen LogP contribution in [-0.4, -0.2) is 18.5 Å². The first kappa shape index (κ1) is 13.6. The van der Waals surface area contributed by atoms with Crippen molar-refractivity contribution in [3.63, 3.8) is 0 Å². The zero-order valence-corrected chi connectivity index (χ0v) is 12.3. The van der Waals surface area contributed by atoms with E-state index in [2.05, 4.69) is 43.4 Å². The molecule has 3 rings (SSSR count). The summed E-state index contributed by atoms with van der Waals surface area (Å²) >= 11 is 0. The van der Waals surface area contributed by atoms with Crippen LogP contribution in [-0.2, 0) is 11.2 Å². The van der Waals surface area contributed by atoms with Crippen molar-refractivity contribution in [2.75, 3.05) is 6.54 Å². The highest BCUT2D eigenvalue weighted by molar-refractivity contribution is 5.84. The van der Waals surface area contributed by atoms with E-state index in [1.165, 1.54) is 11.1 Å². The van der Waals surface area contributed by atoms with Crippen molar-refractivity contribution >= 4 is 5.91 Å². The topological polar surface area (TPSA) is 55.1 Å². The first-order valence-corrected chi connectivity index (χ1v) is 7.70. The molecule has 3 N–H and O–H groups in total. The number of nitrogens with one attached hydrogen (secondary N) is 1. The molecule has 0 heterocycles. The van der Waals surface area contributed by atoms with Gasteiger partial charge < -0.3 is 11.1 Å². The number of benzene rings is 1. The summed E-state index contributed by atoms with van der Waals surface area (Å²) in [6.07, 6.45) is 2.27. The second-order valence-electron chi connectivity index (χ2n) is 6.61. The van der Waals surface area contributed by atoms with Crippen molar-refractivity contribution in [3.05, 3.63) is 35.4 Å². The normalized spacial score (nSPS) is 28.5. The molecule has 4 atom stereocenters. The minimum Gasteiger partial charge on any atom is -0.354 e. The van der Waals surface area contributed by atoms with Gasteiger partial charge in [0.2, 0.25) is 5.91 Å². The Balaban J connectivity index is 1.63. The molecule has 1 aromatic carbocycles. The minimum absolute atomic E-state index is 0.0482. The van der Waals surface area contributed by atoms with Crippen LogP contribution in [0.5, 0.6) is 0 Å². The molecule has 0 spiro atoms. The van der Waals surface area contributed by atoms with Gasteiger partial charge in [0.25, 0.3) is 0 Å². The average molecular weight is 272 g/mol. The second kappa shape index (κ2) is 5.21. The van der Waals surface area contributed by atoms with Crippen molar-refractivity contribution in [1.82, 2.24) is 5.32 Å². The molecule has 1 fully saturated rings. The van der Waals surface area contributed by atoms with Crippen molar-refractivity contribution in [3.8, 4) is 0 Å². The van der Waals surface area contributed by atoms with Crippen LogP contribution in [0.25, 0.3) is 0 Å². The second-order valence-corrected chi connectivity index (χ2v) is 6.61. The largest absolute Gasteiger partial charge is 0.354 e. The number of hydrogen-bond acceptors (Lipinski definition) is 2. The molecule has 4 unspecified atom stereocenters. The third kappa shape index (κ3) is 2.35. The van der Waals surface area contributed by atoms with Crippen molar-refractivity contribution in [2.24, 2.45) is 23.5 Å². The maximum atomic E-state index is 12.3. The fourth-order valence-corrected chi connectivity index (χ4v) is 3.50. The fourth-order valence-electron chi connectivity index (χ4n) is 3.50. The molecule has 0 saturated heterocycles. The first-order valence-electron chi connectivity index (χ1n) is 7.70. The van der Waals surface area contributed by atoms with E-state index in [-0.39, 0.29) is 17.9 Å². The first-order chi connectivity index (χ1) is 9.59. The van der Waals surface area contributed by atoms with Gasteiger partial charge in [0.1, 0.15) is 0 Å². The van der Waals surface area contributed by atoms with E-state index < -0.39 is 0 Å². The molecule has 20 heavy (non-hydrogen) atoms. The van der Waals surface area contributed by atoms with E-state index in [4.69, 9.17) is 5.73 Å². The Kier molecular flexibility index (Phi) is 3.55. The minimum atomic E-state index is 0.0482. The molecule has 0 bridgehead atoms. The molecule has 0 aliphatic heterocycles. The average Bonchev–Trinajstić information content (AvgIpc) is 3.19. The van der Waals surface area contributed by atoms with Crippen LogP contribution in [0.4, 0.5) is 0 Å². The van der Waals surface area contributed by atoms with Crippen LogP contribution in [0.15, 0.2) is 24.3 Å². The van der Waals surface area contributed by atoms with Gasteiger partial charge in [-0.15, -0.1) is 0 Å². The molecular weight excluding hydrogens is 248 g/mol. The Hall–Kier alpha value is -1.35. The van der Waals surface area contributed by atoms with E-state index >= 15 is 0 Å². The lowest BCUT2D eigenvalue weighted by atomic mass is 9.92. The maximum Gasteiger partial charge on any atom is 0.224 e. The lowest BCUT2D eigenvalue weighted by Gasteiger charge is -2.16. The zero-order chi connectivity index (χ0) is 14.3. The van der Waals surface area contributed by atoms with E-state index in [9.17, 15) is 4.79 Å². The standard InChI is InChI=1S/C17H24N2O/c1-10(2)14(18)9-19-17(20)16-13-8-7-11-5-3-4-6-12(11)15(13)16/h3-6,10,13-16H,7-9,18H2,1-2H3,(H,19,20). The van der Waals surface area contributed by atoms with Gasteiger partial charge in [-0.05, 0) is 41.7 Å². The van der Waals surface area contributed by atoms with Crippen LogP contribution in [0.1, 0.15) is 37.3 Å². The Morgan fingerprint density at radius 2 is 2.15 bits per heavy atom. The molecule has 108 valence electrons. The number of hydrogen-bond donors (Lipinski definition) is 2. The highest BCUT2D eigenvalue weighted by Gasteiger charge is 2.56. The molecule has 3 nitrogen and oxygen atoms in total. The smallest absolute Gasteiger partial charge is 0.224 e. The summed E-state index contributed by atoms with van der Waals surface area (Å²) in [5.74, 6) is 1.79. The molecule has 2 aliphatic rings. The van der Waals surface area contributed by atoms with Gasteiger partial charge in [-0.3, -0.25) is 4.79 Å². The summed E-state index contributed by atoms with van der Waals surface area (Å²) in [5.41, 5.74) is 8.83. The monoisotopic (exact) mass is 272 g/mol. The Morgan fingerprint density at radius 3 is 2.90 bits per heavy atom. The van der Waals surface area contributed by atoms with Gasteiger partial charge in [-0.1, -0.05) is 38.1 Å². The summed E-state index contributed by atoms with van der Waals surface area (Å²) in [5, 5.41) is 3.05. The lowest BCUT2D eigenvalue weighted by Crippen LogP contribution is -2.41. The van der Waals surface area contributed by atoms with Crippen LogP contribution < -0.4 is 11.1 Å². The quantitative estimate of drug-likeness (QED) is 0.881. The van der Waals surface area contributed by atoms with E-state index in [1.807, 2.05) is 0 Å². The van der Waals surface area contributed by atoms with Crippen molar-refractivity contribution in [2.45, 2.75) is 38.6 Å². The summed E-state index contributed by atoms with van der Waals surface area (Å²) in [7, 11) is 0. The number of aryl methyl sites for hydroxylation is 1. The number of rotatable bonds is 4. The highest BCUT2D eigenvalue weighted by atomic mass is 16.2. The van der Waals surface area contributed by atoms with Gasteiger partial charge in [-0.25, -0.2) is 0 Å². The number of fused-ring (bicyclic) bond motifs is 3. The Bertz CT molecular complexity index is 511. The van der Waals surface area contributed by atoms with Gasteiger partial charge in [0.05, 0.1) is 0 Å². The molecule has 1 aromatic rings. The number of carbonyl (C=O) groups excluding carboxylic acids is 1. The highest BCUT2D eigenvalue weighted by Crippen LogP contribution is 2.59. The van der Waals surface area contributed by atoms with Crippen LogP contribution in [0.3, 0.4) is 0 Å². The van der Waals surface area contributed by atoms with Gasteiger partial charge >= 0.3 is 0 Å². The fraction of sp³-hybridized carbons (Fsp3) is 0.588. The van der Waals surface area contributed by atoms with E-state index in [0.717, 1.165) is 12.8 Å². The van der Waals surface area contributed by atoms with E-state index in [0.29, 0.717) is 24.3 Å². The Labute approximate surface area is 120 Å². The van der Waals surface area contributed by atoms with Crippen molar-refractivity contribution < 1.29 is 4.79 Å². The third-order valence-electron chi connectivity index (χ3n) is 5.00. The van der Waals surface area contributed by atoms with Gasteiger partial charge in [0.15, 0.2) is 0 Å². The summed E-state index contributed by atoms with van der Waals surface area (Å²) < 4.78 is 0. The van der Waals surface area contributed by atoms with Crippen LogP contribution in [0.2, 0.25) is 0 Å². The molecule has 0 radical (unpaired) electrons. The number of carbonyl (C=O) groups is 1. The number of nitrogens with two attached hydrogens (primary N) is 1. The predicted molar refractivity (Wildman–Crippen MR) is 80.3 cm³/mol. The zero-order valence-electron chi connectivity index (χ0n) is 12.3. The van der Waals surface area contributed by atoms with Gasteiger partial charge in [0, 0.05) is 18.5 Å². The Morgan fingerprint density at radius 1 is 1.40 bits per heavy atom. The van der Waals surface area contributed by atoms with Crippen LogP contribution in [0, 0.1) is 17.8 Å². The molecular formula is C17H24N2O. The summed E-state index contributed by atoms with van der Waals surface area (Å²) in [4.78, 5) is 12.3.